The molecule has 2 saturated heterocycles. The van der Waals surface area contributed by atoms with Gasteiger partial charge in [-0.15, -0.1) is 0 Å². The molecular formula is C18H24FN3O4. The molecule has 2 amide bonds. The molecule has 0 aromatic heterocycles. The third-order valence-corrected chi connectivity index (χ3v) is 4.88. The Labute approximate surface area is 151 Å². The molecule has 8 heteroatoms. The first-order valence-electron chi connectivity index (χ1n) is 8.75. The maximum atomic E-state index is 14.6. The van der Waals surface area contributed by atoms with Crippen LogP contribution in [0.5, 0.6) is 0 Å². The van der Waals surface area contributed by atoms with Gasteiger partial charge in [0.2, 0.25) is 5.91 Å². The minimum Gasteiger partial charge on any atom is -0.442 e. The number of piperidine rings is 1. The molecule has 1 unspecified atom stereocenters. The molecule has 142 valence electrons. The van der Waals surface area contributed by atoms with Gasteiger partial charge in [-0.05, 0) is 38.0 Å². The number of benzene rings is 1. The predicted octanol–water partition coefficient (Wildman–Crippen LogP) is 1.64. The number of nitrogens with zero attached hydrogens (tertiary/aromatic N) is 2. The number of hydrogen-bond donors (Lipinski definition) is 2. The molecule has 1 aromatic rings. The number of amides is 2. The van der Waals surface area contributed by atoms with Crippen LogP contribution in [0.25, 0.3) is 0 Å². The monoisotopic (exact) mass is 365 g/mol. The van der Waals surface area contributed by atoms with Gasteiger partial charge in [-0.3, -0.25) is 9.69 Å². The van der Waals surface area contributed by atoms with Crippen molar-refractivity contribution in [2.75, 3.05) is 36.0 Å². The van der Waals surface area contributed by atoms with Crippen molar-refractivity contribution in [3.63, 3.8) is 0 Å². The molecule has 1 aromatic carbocycles. The van der Waals surface area contributed by atoms with Crippen LogP contribution in [0.3, 0.4) is 0 Å². The van der Waals surface area contributed by atoms with E-state index in [4.69, 9.17) is 4.74 Å². The van der Waals surface area contributed by atoms with E-state index < -0.39 is 23.6 Å². The number of cyclic esters (lactones) is 1. The number of carbonyl (C=O) groups is 2. The second-order valence-electron chi connectivity index (χ2n) is 7.17. The number of rotatable bonds is 4. The third kappa shape index (κ3) is 4.07. The van der Waals surface area contributed by atoms with Gasteiger partial charge in [0.15, 0.2) is 0 Å². The largest absolute Gasteiger partial charge is 0.442 e. The summed E-state index contributed by atoms with van der Waals surface area (Å²) in [7, 11) is 0. The molecule has 2 aliphatic rings. The molecule has 0 aliphatic carbocycles. The lowest BCUT2D eigenvalue weighted by Gasteiger charge is -2.37. The van der Waals surface area contributed by atoms with E-state index in [0.717, 1.165) is 0 Å². The summed E-state index contributed by atoms with van der Waals surface area (Å²) in [5, 5.41) is 12.6. The minimum atomic E-state index is -0.699. The van der Waals surface area contributed by atoms with Crippen molar-refractivity contribution in [1.82, 2.24) is 5.32 Å². The standard InChI is InChI=1S/C18H24FN3O4/c1-12(23)20-10-14-11-22(17(24)26-14)13-3-4-16(15(19)9-13)21-7-5-18(2,25)6-8-21/h3-4,9,14,25H,5-8,10-11H2,1-2H3,(H,20,23). The number of anilines is 2. The van der Waals surface area contributed by atoms with Gasteiger partial charge in [0.05, 0.1) is 30.1 Å². The maximum absolute atomic E-state index is 14.6. The summed E-state index contributed by atoms with van der Waals surface area (Å²) in [6.07, 6.45) is 0.148. The van der Waals surface area contributed by atoms with Gasteiger partial charge in [0.1, 0.15) is 11.9 Å². The van der Waals surface area contributed by atoms with Gasteiger partial charge in [0.25, 0.3) is 0 Å². The van der Waals surface area contributed by atoms with E-state index in [2.05, 4.69) is 5.32 Å². The van der Waals surface area contributed by atoms with Crippen LogP contribution in [0.2, 0.25) is 0 Å². The van der Waals surface area contributed by atoms with E-state index in [1.54, 1.807) is 19.1 Å². The third-order valence-electron chi connectivity index (χ3n) is 4.88. The van der Waals surface area contributed by atoms with Crippen molar-refractivity contribution in [2.24, 2.45) is 0 Å². The SMILES string of the molecule is CC(=O)NCC1CN(c2ccc(N3CCC(C)(O)CC3)c(F)c2)C(=O)O1. The van der Waals surface area contributed by atoms with E-state index in [1.165, 1.54) is 17.9 Å². The molecule has 3 rings (SSSR count). The van der Waals surface area contributed by atoms with Crippen molar-refractivity contribution in [1.29, 1.82) is 0 Å². The highest BCUT2D eigenvalue weighted by Gasteiger charge is 2.33. The lowest BCUT2D eigenvalue weighted by atomic mass is 9.93. The lowest BCUT2D eigenvalue weighted by Crippen LogP contribution is -2.42. The van der Waals surface area contributed by atoms with Crippen LogP contribution < -0.4 is 15.1 Å². The zero-order chi connectivity index (χ0) is 18.9. The van der Waals surface area contributed by atoms with Crippen LogP contribution in [-0.2, 0) is 9.53 Å². The summed E-state index contributed by atoms with van der Waals surface area (Å²) in [6, 6.07) is 4.66. The Morgan fingerprint density at radius 1 is 1.42 bits per heavy atom. The predicted molar refractivity (Wildman–Crippen MR) is 94.8 cm³/mol. The molecule has 0 spiro atoms. The summed E-state index contributed by atoms with van der Waals surface area (Å²) in [5.74, 6) is -0.613. The smallest absolute Gasteiger partial charge is 0.414 e. The Morgan fingerprint density at radius 2 is 2.12 bits per heavy atom. The normalized spacial score (nSPS) is 22.3. The van der Waals surface area contributed by atoms with Crippen LogP contribution in [0.4, 0.5) is 20.6 Å². The summed E-state index contributed by atoms with van der Waals surface area (Å²) >= 11 is 0. The number of aliphatic hydroxyl groups is 1. The summed E-state index contributed by atoms with van der Waals surface area (Å²) < 4.78 is 19.8. The molecule has 2 N–H and O–H groups in total. The number of ether oxygens (including phenoxy) is 1. The summed E-state index contributed by atoms with van der Waals surface area (Å²) in [5.41, 5.74) is 0.187. The van der Waals surface area contributed by atoms with Gasteiger partial charge >= 0.3 is 6.09 Å². The van der Waals surface area contributed by atoms with E-state index >= 15 is 0 Å². The Morgan fingerprint density at radius 3 is 2.73 bits per heavy atom. The highest BCUT2D eigenvalue weighted by molar-refractivity contribution is 5.90. The highest BCUT2D eigenvalue weighted by Crippen LogP contribution is 2.31. The molecule has 26 heavy (non-hydrogen) atoms. The number of halogens is 1. The maximum Gasteiger partial charge on any atom is 0.414 e. The molecule has 1 atom stereocenters. The van der Waals surface area contributed by atoms with Crippen LogP contribution in [0.1, 0.15) is 26.7 Å². The van der Waals surface area contributed by atoms with Crippen molar-refractivity contribution in [3.05, 3.63) is 24.0 Å². The van der Waals surface area contributed by atoms with Gasteiger partial charge in [-0.1, -0.05) is 0 Å². The van der Waals surface area contributed by atoms with Crippen molar-refractivity contribution in [3.8, 4) is 0 Å². The molecule has 0 bridgehead atoms. The van der Waals surface area contributed by atoms with Crippen LogP contribution in [-0.4, -0.2) is 55.0 Å². The van der Waals surface area contributed by atoms with Crippen molar-refractivity contribution < 1.29 is 23.8 Å². The zero-order valence-corrected chi connectivity index (χ0v) is 15.0. The van der Waals surface area contributed by atoms with Crippen LogP contribution in [0.15, 0.2) is 18.2 Å². The average molecular weight is 365 g/mol. The van der Waals surface area contributed by atoms with Crippen LogP contribution >= 0.6 is 0 Å². The first-order chi connectivity index (χ1) is 12.2. The van der Waals surface area contributed by atoms with Gasteiger partial charge < -0.3 is 20.1 Å². The van der Waals surface area contributed by atoms with E-state index in [-0.39, 0.29) is 19.0 Å². The number of nitrogens with one attached hydrogen (secondary N) is 1. The second kappa shape index (κ2) is 7.11. The Hall–Kier alpha value is -2.35. The fraction of sp³-hybridized carbons (Fsp3) is 0.556. The first kappa shape index (κ1) is 18.4. The van der Waals surface area contributed by atoms with E-state index in [9.17, 15) is 19.1 Å². The Bertz CT molecular complexity index is 700. The molecule has 2 fully saturated rings. The highest BCUT2D eigenvalue weighted by atomic mass is 19.1. The lowest BCUT2D eigenvalue weighted by molar-refractivity contribution is -0.119. The van der Waals surface area contributed by atoms with Crippen LogP contribution in [0, 0.1) is 5.82 Å². The summed E-state index contributed by atoms with van der Waals surface area (Å²) in [4.78, 5) is 26.3. The minimum absolute atomic E-state index is 0.199. The second-order valence-corrected chi connectivity index (χ2v) is 7.17. The Kier molecular flexibility index (Phi) is 5.04. The summed E-state index contributed by atoms with van der Waals surface area (Å²) in [6.45, 7) is 4.82. The quantitative estimate of drug-likeness (QED) is 0.848. The van der Waals surface area contributed by atoms with Crippen molar-refractivity contribution in [2.45, 2.75) is 38.4 Å². The molecule has 2 aliphatic heterocycles. The number of hydrogen-bond acceptors (Lipinski definition) is 5. The molecule has 7 nitrogen and oxygen atoms in total. The van der Waals surface area contributed by atoms with Gasteiger partial charge in [-0.25, -0.2) is 9.18 Å². The topological polar surface area (TPSA) is 82.1 Å². The van der Waals surface area contributed by atoms with E-state index in [0.29, 0.717) is 37.3 Å². The van der Waals surface area contributed by atoms with Gasteiger partial charge in [0, 0.05) is 20.0 Å². The van der Waals surface area contributed by atoms with Crippen molar-refractivity contribution >= 4 is 23.4 Å². The molecule has 0 radical (unpaired) electrons. The zero-order valence-electron chi connectivity index (χ0n) is 15.0. The number of carbonyl (C=O) groups excluding carboxylic acids is 2. The molecular weight excluding hydrogens is 341 g/mol. The molecule has 0 saturated carbocycles. The fourth-order valence-corrected chi connectivity index (χ4v) is 3.25. The Balaban J connectivity index is 1.68. The fourth-order valence-electron chi connectivity index (χ4n) is 3.25. The van der Waals surface area contributed by atoms with E-state index in [1.807, 2.05) is 4.90 Å². The molecule has 2 heterocycles. The van der Waals surface area contributed by atoms with Gasteiger partial charge in [-0.2, -0.15) is 0 Å². The first-order valence-corrected chi connectivity index (χ1v) is 8.75. The average Bonchev–Trinajstić information content (AvgIpc) is 2.94.